The first-order valence-electron chi connectivity index (χ1n) is 4.16. The molecular formula is C8H15NO3S. The molecule has 5 heteroatoms. The van der Waals surface area contributed by atoms with E-state index in [9.17, 15) is 8.42 Å². The summed E-state index contributed by atoms with van der Waals surface area (Å²) in [6.07, 6.45) is 0.558. The van der Waals surface area contributed by atoms with Crippen LogP contribution in [0.1, 0.15) is 19.8 Å². The zero-order chi connectivity index (χ0) is 10.3. The van der Waals surface area contributed by atoms with Gasteiger partial charge in [0.2, 0.25) is 0 Å². The highest BCUT2D eigenvalue weighted by Gasteiger charge is 2.22. The van der Waals surface area contributed by atoms with Crippen LogP contribution in [0.3, 0.4) is 0 Å². The maximum atomic E-state index is 11.5. The van der Waals surface area contributed by atoms with Gasteiger partial charge in [-0.05, 0) is 6.42 Å². The summed E-state index contributed by atoms with van der Waals surface area (Å²) in [6, 6.07) is 1.88. The van der Waals surface area contributed by atoms with Gasteiger partial charge in [0.05, 0.1) is 30.1 Å². The second-order valence-corrected chi connectivity index (χ2v) is 5.15. The summed E-state index contributed by atoms with van der Waals surface area (Å²) in [7, 11) is -1.69. The molecule has 13 heavy (non-hydrogen) atoms. The molecule has 0 amide bonds. The van der Waals surface area contributed by atoms with Gasteiger partial charge in [0.25, 0.3) is 0 Å². The molecule has 1 atom stereocenters. The molecule has 0 aliphatic carbocycles. The molecule has 0 rings (SSSR count). The maximum absolute atomic E-state index is 11.5. The molecule has 0 spiro atoms. The van der Waals surface area contributed by atoms with E-state index in [1.54, 1.807) is 6.92 Å². The summed E-state index contributed by atoms with van der Waals surface area (Å²) < 4.78 is 27.6. The van der Waals surface area contributed by atoms with Gasteiger partial charge in [-0.2, -0.15) is 5.26 Å². The lowest BCUT2D eigenvalue weighted by Crippen LogP contribution is -2.25. The number of hydrogen-bond acceptors (Lipinski definition) is 4. The van der Waals surface area contributed by atoms with E-state index in [2.05, 4.69) is 4.74 Å². The van der Waals surface area contributed by atoms with Gasteiger partial charge in [0, 0.05) is 7.11 Å². The van der Waals surface area contributed by atoms with Crippen LogP contribution in [0.25, 0.3) is 0 Å². The zero-order valence-corrected chi connectivity index (χ0v) is 8.80. The molecule has 0 aromatic heterocycles. The van der Waals surface area contributed by atoms with Gasteiger partial charge in [-0.3, -0.25) is 0 Å². The van der Waals surface area contributed by atoms with E-state index in [0.717, 1.165) is 0 Å². The molecule has 0 aliphatic heterocycles. The predicted octanol–water partition coefficient (Wildman–Crippen LogP) is 0.740. The van der Waals surface area contributed by atoms with Gasteiger partial charge in [0.15, 0.2) is 9.84 Å². The Kier molecular flexibility index (Phi) is 5.67. The molecule has 76 valence electrons. The lowest BCUT2D eigenvalue weighted by Gasteiger charge is -2.11. The van der Waals surface area contributed by atoms with Crippen LogP contribution in [0, 0.1) is 11.3 Å². The first-order valence-corrected chi connectivity index (χ1v) is 5.87. The second-order valence-electron chi connectivity index (χ2n) is 2.75. The van der Waals surface area contributed by atoms with Crippen molar-refractivity contribution >= 4 is 9.84 Å². The minimum absolute atomic E-state index is 0.00366. The van der Waals surface area contributed by atoms with Gasteiger partial charge in [0.1, 0.15) is 0 Å². The second kappa shape index (κ2) is 5.95. The molecule has 0 radical (unpaired) electrons. The van der Waals surface area contributed by atoms with Crippen LogP contribution in [0.2, 0.25) is 0 Å². The van der Waals surface area contributed by atoms with Crippen molar-refractivity contribution in [3.8, 4) is 6.07 Å². The topological polar surface area (TPSA) is 67.2 Å². The van der Waals surface area contributed by atoms with Crippen LogP contribution in [0.15, 0.2) is 0 Å². The molecule has 0 bridgehead atoms. The van der Waals surface area contributed by atoms with Crippen molar-refractivity contribution in [2.24, 2.45) is 0 Å². The molecule has 0 fully saturated rings. The molecule has 1 unspecified atom stereocenters. The van der Waals surface area contributed by atoms with Gasteiger partial charge in [-0.15, -0.1) is 0 Å². The van der Waals surface area contributed by atoms with E-state index < -0.39 is 15.1 Å². The third-order valence-electron chi connectivity index (χ3n) is 1.85. The Morgan fingerprint density at radius 2 is 2.15 bits per heavy atom. The predicted molar refractivity (Wildman–Crippen MR) is 50.0 cm³/mol. The fourth-order valence-electron chi connectivity index (χ4n) is 0.993. The Balaban J connectivity index is 4.32. The van der Waals surface area contributed by atoms with Crippen LogP contribution in [-0.2, 0) is 14.6 Å². The van der Waals surface area contributed by atoms with E-state index in [0.29, 0.717) is 6.42 Å². The summed E-state index contributed by atoms with van der Waals surface area (Å²) in [5, 5.41) is 7.88. The van der Waals surface area contributed by atoms with Crippen molar-refractivity contribution < 1.29 is 13.2 Å². The Labute approximate surface area is 79.4 Å². The van der Waals surface area contributed by atoms with Gasteiger partial charge in [-0.25, -0.2) is 8.42 Å². The Morgan fingerprint density at radius 1 is 1.54 bits per heavy atom. The lowest BCUT2D eigenvalue weighted by atomic mass is 10.3. The Morgan fingerprint density at radius 3 is 2.54 bits per heavy atom. The Bertz CT molecular complexity index is 266. The molecule has 0 saturated carbocycles. The minimum Gasteiger partial charge on any atom is -0.384 e. The molecule has 0 N–H and O–H groups in total. The van der Waals surface area contributed by atoms with Gasteiger partial charge >= 0.3 is 0 Å². The standard InChI is InChI=1S/C8H15NO3S/c1-3-8(4-5-9)13(10,11)7-6-12-2/h8H,3-4,6-7H2,1-2H3. The van der Waals surface area contributed by atoms with Crippen molar-refractivity contribution in [1.82, 2.24) is 0 Å². The molecule has 0 aromatic carbocycles. The fraction of sp³-hybridized carbons (Fsp3) is 0.875. The highest BCUT2D eigenvalue weighted by Crippen LogP contribution is 2.10. The van der Waals surface area contributed by atoms with Crippen LogP contribution >= 0.6 is 0 Å². The van der Waals surface area contributed by atoms with Crippen molar-refractivity contribution in [3.05, 3.63) is 0 Å². The number of methoxy groups -OCH3 is 1. The summed E-state index contributed by atoms with van der Waals surface area (Å²) in [5.74, 6) is 0.00366. The molecule has 0 heterocycles. The van der Waals surface area contributed by atoms with Crippen molar-refractivity contribution in [2.75, 3.05) is 19.5 Å². The average Bonchev–Trinajstić information content (AvgIpc) is 2.10. The van der Waals surface area contributed by atoms with E-state index >= 15 is 0 Å². The summed E-state index contributed by atoms with van der Waals surface area (Å²) in [5.41, 5.74) is 0. The molecule has 0 saturated heterocycles. The summed E-state index contributed by atoms with van der Waals surface area (Å²) in [6.45, 7) is 1.97. The van der Waals surface area contributed by atoms with Crippen molar-refractivity contribution in [2.45, 2.75) is 25.0 Å². The molecular weight excluding hydrogens is 190 g/mol. The smallest absolute Gasteiger partial charge is 0.156 e. The van der Waals surface area contributed by atoms with Crippen LogP contribution in [0.5, 0.6) is 0 Å². The summed E-state index contributed by atoms with van der Waals surface area (Å²) in [4.78, 5) is 0. The normalized spacial score (nSPS) is 13.6. The van der Waals surface area contributed by atoms with Crippen LogP contribution < -0.4 is 0 Å². The molecule has 0 aliphatic rings. The average molecular weight is 205 g/mol. The number of nitriles is 1. The van der Waals surface area contributed by atoms with E-state index in [-0.39, 0.29) is 18.8 Å². The first kappa shape index (κ1) is 12.4. The number of rotatable bonds is 6. The van der Waals surface area contributed by atoms with Crippen LogP contribution in [-0.4, -0.2) is 33.1 Å². The van der Waals surface area contributed by atoms with Crippen molar-refractivity contribution in [3.63, 3.8) is 0 Å². The number of ether oxygens (including phenoxy) is 1. The quantitative estimate of drug-likeness (QED) is 0.641. The summed E-state index contributed by atoms with van der Waals surface area (Å²) >= 11 is 0. The lowest BCUT2D eigenvalue weighted by molar-refractivity contribution is 0.217. The third-order valence-corrected chi connectivity index (χ3v) is 4.11. The SMILES string of the molecule is CCC(CC#N)S(=O)(=O)CCOC. The maximum Gasteiger partial charge on any atom is 0.156 e. The monoisotopic (exact) mass is 205 g/mol. The van der Waals surface area contributed by atoms with E-state index in [4.69, 9.17) is 5.26 Å². The van der Waals surface area contributed by atoms with Crippen molar-refractivity contribution in [1.29, 1.82) is 5.26 Å². The highest BCUT2D eigenvalue weighted by atomic mass is 32.2. The Hall–Kier alpha value is -0.600. The van der Waals surface area contributed by atoms with Crippen LogP contribution in [0.4, 0.5) is 0 Å². The number of nitrogens with zero attached hydrogens (tertiary/aromatic N) is 1. The molecule has 4 nitrogen and oxygen atoms in total. The minimum atomic E-state index is -3.14. The number of hydrogen-bond donors (Lipinski definition) is 0. The highest BCUT2D eigenvalue weighted by molar-refractivity contribution is 7.92. The molecule has 0 aromatic rings. The zero-order valence-electron chi connectivity index (χ0n) is 7.99. The van der Waals surface area contributed by atoms with E-state index in [1.807, 2.05) is 6.07 Å². The fourth-order valence-corrected chi connectivity index (χ4v) is 2.56. The van der Waals surface area contributed by atoms with Gasteiger partial charge in [-0.1, -0.05) is 6.92 Å². The van der Waals surface area contributed by atoms with E-state index in [1.165, 1.54) is 7.11 Å². The van der Waals surface area contributed by atoms with Gasteiger partial charge < -0.3 is 4.74 Å². The third kappa shape index (κ3) is 4.25. The number of sulfone groups is 1. The largest absolute Gasteiger partial charge is 0.384 e. The first-order chi connectivity index (χ1) is 6.08.